The molecule has 1 aromatic heterocycles. The fourth-order valence-electron chi connectivity index (χ4n) is 3.14. The van der Waals surface area contributed by atoms with E-state index in [0.717, 1.165) is 30.9 Å². The summed E-state index contributed by atoms with van der Waals surface area (Å²) in [6.45, 7) is 10.5. The summed E-state index contributed by atoms with van der Waals surface area (Å²) < 4.78 is 12.0. The highest BCUT2D eigenvalue weighted by molar-refractivity contribution is 5.82. The molecule has 1 saturated heterocycles. The predicted octanol–water partition coefficient (Wildman–Crippen LogP) is 4.21. The van der Waals surface area contributed by atoms with Crippen LogP contribution in [0.25, 0.3) is 11.0 Å². The standard InChI is InChI=1S/C18H25NO2/c1-12-16(14-7-5-6-8-15(14)21-12)17-13(9-10-20-17)11-19-18(2,3)4/h5-8,13,17,19H,9-11H2,1-4H3. The molecule has 0 spiro atoms. The second kappa shape index (κ2) is 5.47. The summed E-state index contributed by atoms with van der Waals surface area (Å²) in [5, 5.41) is 4.81. The number of benzene rings is 1. The van der Waals surface area contributed by atoms with Crippen LogP contribution in [0.4, 0.5) is 0 Å². The Hall–Kier alpha value is -1.32. The van der Waals surface area contributed by atoms with Gasteiger partial charge >= 0.3 is 0 Å². The normalized spacial score (nSPS) is 23.0. The van der Waals surface area contributed by atoms with Gasteiger partial charge in [0.15, 0.2) is 0 Å². The molecule has 0 amide bonds. The molecule has 0 aliphatic carbocycles. The first kappa shape index (κ1) is 14.6. The van der Waals surface area contributed by atoms with Crippen molar-refractivity contribution in [1.29, 1.82) is 0 Å². The molecule has 1 aliphatic rings. The van der Waals surface area contributed by atoms with Gasteiger partial charge in [-0.15, -0.1) is 0 Å². The van der Waals surface area contributed by atoms with E-state index < -0.39 is 0 Å². The highest BCUT2D eigenvalue weighted by Gasteiger charge is 2.33. The first-order valence-electron chi connectivity index (χ1n) is 7.80. The Labute approximate surface area is 126 Å². The van der Waals surface area contributed by atoms with Crippen LogP contribution in [0.1, 0.15) is 44.6 Å². The van der Waals surface area contributed by atoms with E-state index in [1.54, 1.807) is 0 Å². The van der Waals surface area contributed by atoms with Crippen molar-refractivity contribution in [2.75, 3.05) is 13.2 Å². The molecule has 2 atom stereocenters. The van der Waals surface area contributed by atoms with Crippen molar-refractivity contribution >= 4 is 11.0 Å². The molecule has 0 saturated carbocycles. The number of fused-ring (bicyclic) bond motifs is 1. The minimum Gasteiger partial charge on any atom is -0.461 e. The smallest absolute Gasteiger partial charge is 0.134 e. The highest BCUT2D eigenvalue weighted by atomic mass is 16.5. The molecule has 21 heavy (non-hydrogen) atoms. The second-order valence-electron chi connectivity index (χ2n) is 7.04. The van der Waals surface area contributed by atoms with Crippen LogP contribution in [0.3, 0.4) is 0 Å². The average Bonchev–Trinajstić information content (AvgIpc) is 2.97. The monoisotopic (exact) mass is 287 g/mol. The lowest BCUT2D eigenvalue weighted by atomic mass is 9.92. The largest absolute Gasteiger partial charge is 0.461 e. The van der Waals surface area contributed by atoms with Gasteiger partial charge in [-0.25, -0.2) is 0 Å². The van der Waals surface area contributed by atoms with E-state index in [1.165, 1.54) is 10.9 Å². The number of hydrogen-bond acceptors (Lipinski definition) is 3. The molecule has 0 radical (unpaired) electrons. The third kappa shape index (κ3) is 2.99. The molecule has 2 aromatic rings. The zero-order valence-corrected chi connectivity index (χ0v) is 13.4. The van der Waals surface area contributed by atoms with Crippen LogP contribution in [0.15, 0.2) is 28.7 Å². The molecule has 0 bridgehead atoms. The molecule has 1 fully saturated rings. The maximum atomic E-state index is 6.06. The maximum absolute atomic E-state index is 6.06. The van der Waals surface area contributed by atoms with E-state index >= 15 is 0 Å². The van der Waals surface area contributed by atoms with Crippen molar-refractivity contribution in [1.82, 2.24) is 5.32 Å². The van der Waals surface area contributed by atoms with Crippen molar-refractivity contribution in [3.05, 3.63) is 35.6 Å². The van der Waals surface area contributed by atoms with Gasteiger partial charge in [-0.05, 0) is 40.2 Å². The molecule has 114 valence electrons. The summed E-state index contributed by atoms with van der Waals surface area (Å²) >= 11 is 0. The Bertz CT molecular complexity index is 624. The number of para-hydroxylation sites is 1. The van der Waals surface area contributed by atoms with Crippen molar-refractivity contribution in [3.8, 4) is 0 Å². The Morgan fingerprint density at radius 2 is 2.00 bits per heavy atom. The number of ether oxygens (including phenoxy) is 1. The van der Waals surface area contributed by atoms with Gasteiger partial charge in [0, 0.05) is 35.6 Å². The zero-order valence-electron chi connectivity index (χ0n) is 13.4. The van der Waals surface area contributed by atoms with E-state index in [9.17, 15) is 0 Å². The van der Waals surface area contributed by atoms with Crippen LogP contribution >= 0.6 is 0 Å². The Morgan fingerprint density at radius 3 is 2.76 bits per heavy atom. The topological polar surface area (TPSA) is 34.4 Å². The van der Waals surface area contributed by atoms with Crippen molar-refractivity contribution in [2.24, 2.45) is 5.92 Å². The summed E-state index contributed by atoms with van der Waals surface area (Å²) in [5.41, 5.74) is 2.34. The molecule has 3 nitrogen and oxygen atoms in total. The van der Waals surface area contributed by atoms with Gasteiger partial charge in [0.05, 0.1) is 6.10 Å². The summed E-state index contributed by atoms with van der Waals surface area (Å²) in [6.07, 6.45) is 1.25. The Balaban J connectivity index is 1.88. The summed E-state index contributed by atoms with van der Waals surface area (Å²) in [7, 11) is 0. The Kier molecular flexibility index (Phi) is 3.80. The molecular formula is C18H25NO2. The van der Waals surface area contributed by atoms with Crippen LogP contribution in [-0.4, -0.2) is 18.7 Å². The minimum absolute atomic E-state index is 0.140. The molecule has 3 heteroatoms. The number of hydrogen-bond donors (Lipinski definition) is 1. The highest BCUT2D eigenvalue weighted by Crippen LogP contribution is 2.40. The number of furan rings is 1. The third-order valence-electron chi connectivity index (χ3n) is 4.21. The van der Waals surface area contributed by atoms with Crippen molar-refractivity contribution in [3.63, 3.8) is 0 Å². The fourth-order valence-corrected chi connectivity index (χ4v) is 3.14. The molecule has 3 rings (SSSR count). The molecule has 2 heterocycles. The summed E-state index contributed by atoms with van der Waals surface area (Å²) in [4.78, 5) is 0. The van der Waals surface area contributed by atoms with E-state index in [0.29, 0.717) is 5.92 Å². The number of aryl methyl sites for hydroxylation is 1. The SMILES string of the molecule is Cc1oc2ccccc2c1C1OCCC1CNC(C)(C)C. The minimum atomic E-state index is 0.140. The van der Waals surface area contributed by atoms with Gasteiger partial charge in [0.1, 0.15) is 11.3 Å². The van der Waals surface area contributed by atoms with Crippen molar-refractivity contribution < 1.29 is 9.15 Å². The van der Waals surface area contributed by atoms with E-state index in [2.05, 4.69) is 38.2 Å². The van der Waals surface area contributed by atoms with Crippen LogP contribution in [0.2, 0.25) is 0 Å². The lowest BCUT2D eigenvalue weighted by molar-refractivity contribution is 0.0887. The second-order valence-corrected chi connectivity index (χ2v) is 7.04. The number of rotatable bonds is 3. The van der Waals surface area contributed by atoms with Crippen molar-refractivity contribution in [2.45, 2.75) is 45.8 Å². The van der Waals surface area contributed by atoms with Crippen LogP contribution in [0.5, 0.6) is 0 Å². The number of nitrogens with one attached hydrogen (secondary N) is 1. The first-order valence-corrected chi connectivity index (χ1v) is 7.80. The third-order valence-corrected chi connectivity index (χ3v) is 4.21. The molecule has 2 unspecified atom stereocenters. The lowest BCUT2D eigenvalue weighted by Gasteiger charge is -2.25. The Morgan fingerprint density at radius 1 is 1.24 bits per heavy atom. The maximum Gasteiger partial charge on any atom is 0.134 e. The zero-order chi connectivity index (χ0) is 15.0. The van der Waals surface area contributed by atoms with Gasteiger partial charge in [-0.1, -0.05) is 18.2 Å². The first-order chi connectivity index (χ1) is 9.96. The average molecular weight is 287 g/mol. The predicted molar refractivity (Wildman–Crippen MR) is 85.5 cm³/mol. The fraction of sp³-hybridized carbons (Fsp3) is 0.556. The van der Waals surface area contributed by atoms with Gasteiger partial charge in [-0.2, -0.15) is 0 Å². The molecule has 1 N–H and O–H groups in total. The molecule has 1 aliphatic heterocycles. The van der Waals surface area contributed by atoms with Crippen LogP contribution < -0.4 is 5.32 Å². The van der Waals surface area contributed by atoms with E-state index in [1.807, 2.05) is 19.1 Å². The van der Waals surface area contributed by atoms with E-state index in [-0.39, 0.29) is 11.6 Å². The quantitative estimate of drug-likeness (QED) is 0.918. The van der Waals surface area contributed by atoms with Gasteiger partial charge < -0.3 is 14.5 Å². The van der Waals surface area contributed by atoms with E-state index in [4.69, 9.17) is 9.15 Å². The van der Waals surface area contributed by atoms with Gasteiger partial charge in [0.2, 0.25) is 0 Å². The lowest BCUT2D eigenvalue weighted by Crippen LogP contribution is -2.39. The van der Waals surface area contributed by atoms with Crippen LogP contribution in [0, 0.1) is 12.8 Å². The summed E-state index contributed by atoms with van der Waals surface area (Å²) in [5.74, 6) is 1.49. The van der Waals surface area contributed by atoms with Gasteiger partial charge in [0.25, 0.3) is 0 Å². The molecular weight excluding hydrogens is 262 g/mol. The van der Waals surface area contributed by atoms with Crippen LogP contribution in [-0.2, 0) is 4.74 Å². The molecule has 1 aromatic carbocycles. The summed E-state index contributed by atoms with van der Waals surface area (Å²) in [6, 6.07) is 8.25. The van der Waals surface area contributed by atoms with Gasteiger partial charge in [-0.3, -0.25) is 0 Å².